The molecule has 3 rings (SSSR count). The van der Waals surface area contributed by atoms with E-state index in [4.69, 9.17) is 27.9 Å². The maximum atomic E-state index is 12.0. The number of aromatic nitrogens is 1. The van der Waals surface area contributed by atoms with Gasteiger partial charge in [-0.2, -0.15) is 0 Å². The topological polar surface area (TPSA) is 109 Å². The highest BCUT2D eigenvalue weighted by Crippen LogP contribution is 2.27. The van der Waals surface area contributed by atoms with Gasteiger partial charge in [-0.05, 0) is 18.2 Å². The summed E-state index contributed by atoms with van der Waals surface area (Å²) in [7, 11) is 0. The lowest BCUT2D eigenvalue weighted by atomic mass is 10.2. The number of carbonyl (C=O) groups is 3. The highest BCUT2D eigenvalue weighted by Gasteiger charge is 2.15. The lowest BCUT2D eigenvalue weighted by molar-refractivity contribution is -0.136. The average molecular weight is 493 g/mol. The van der Waals surface area contributed by atoms with E-state index in [-0.39, 0.29) is 19.7 Å². The minimum Gasteiger partial charge on any atom is -0.482 e. The number of nitrogens with zero attached hydrogens (tertiary/aromatic N) is 1. The molecule has 0 unspecified atom stereocenters. The van der Waals surface area contributed by atoms with Crippen LogP contribution in [0.15, 0.2) is 53.9 Å². The summed E-state index contributed by atoms with van der Waals surface area (Å²) >= 11 is 13.0. The molecule has 32 heavy (non-hydrogen) atoms. The summed E-state index contributed by atoms with van der Waals surface area (Å²) in [5, 5.41) is 10.3. The van der Waals surface area contributed by atoms with Crippen molar-refractivity contribution >= 4 is 57.4 Å². The Labute approximate surface area is 197 Å². The molecule has 0 fully saturated rings. The molecule has 166 valence electrons. The molecule has 0 aliphatic carbocycles. The predicted octanol–water partition coefficient (Wildman–Crippen LogP) is 3.37. The molecular formula is C21H18Cl2N4O4S. The van der Waals surface area contributed by atoms with Gasteiger partial charge in [0.15, 0.2) is 11.7 Å². The van der Waals surface area contributed by atoms with E-state index < -0.39 is 17.7 Å². The second-order valence-electron chi connectivity index (χ2n) is 6.33. The standard InChI is InChI=1S/C21H18Cl2N4O4S/c22-14-6-7-17(15(23)10-14)31-11-18(28)24-8-9-25-19(29)20(30)27-21-26-16(12-32-21)13-4-2-1-3-5-13/h1-7,10,12H,8-9,11H2,(H,24,28)(H,25,29)(H,26,27,30). The molecule has 3 N–H and O–H groups in total. The van der Waals surface area contributed by atoms with Gasteiger partial charge < -0.3 is 15.4 Å². The normalized spacial score (nSPS) is 10.3. The van der Waals surface area contributed by atoms with Gasteiger partial charge in [0.2, 0.25) is 0 Å². The van der Waals surface area contributed by atoms with Gasteiger partial charge in [-0.15, -0.1) is 11.3 Å². The number of carbonyl (C=O) groups excluding carboxylic acids is 3. The average Bonchev–Trinajstić information content (AvgIpc) is 3.25. The number of benzene rings is 2. The molecule has 0 atom stereocenters. The van der Waals surface area contributed by atoms with Crippen molar-refractivity contribution in [2.24, 2.45) is 0 Å². The minimum atomic E-state index is -0.842. The van der Waals surface area contributed by atoms with E-state index in [0.717, 1.165) is 5.56 Å². The van der Waals surface area contributed by atoms with E-state index >= 15 is 0 Å². The summed E-state index contributed by atoms with van der Waals surface area (Å²) in [4.78, 5) is 40.1. The lowest BCUT2D eigenvalue weighted by Crippen LogP contribution is -2.41. The van der Waals surface area contributed by atoms with Crippen LogP contribution in [-0.4, -0.2) is 42.4 Å². The van der Waals surface area contributed by atoms with Crippen molar-refractivity contribution in [2.75, 3.05) is 25.0 Å². The highest BCUT2D eigenvalue weighted by atomic mass is 35.5. The Balaban J connectivity index is 1.35. The zero-order valence-electron chi connectivity index (χ0n) is 16.6. The molecule has 1 aromatic heterocycles. The molecule has 2 aromatic carbocycles. The number of hydrogen-bond acceptors (Lipinski definition) is 6. The van der Waals surface area contributed by atoms with Crippen molar-refractivity contribution in [3.05, 3.63) is 64.0 Å². The van der Waals surface area contributed by atoms with Crippen LogP contribution in [0.2, 0.25) is 10.0 Å². The van der Waals surface area contributed by atoms with E-state index in [2.05, 4.69) is 20.9 Å². The summed E-state index contributed by atoms with van der Waals surface area (Å²) < 4.78 is 5.31. The van der Waals surface area contributed by atoms with Gasteiger partial charge in [-0.3, -0.25) is 19.7 Å². The van der Waals surface area contributed by atoms with Crippen molar-refractivity contribution in [1.29, 1.82) is 0 Å². The first-order valence-corrected chi connectivity index (χ1v) is 11.0. The van der Waals surface area contributed by atoms with Crippen molar-refractivity contribution in [1.82, 2.24) is 15.6 Å². The first-order chi connectivity index (χ1) is 15.4. The predicted molar refractivity (Wildman–Crippen MR) is 124 cm³/mol. The van der Waals surface area contributed by atoms with Crippen molar-refractivity contribution in [2.45, 2.75) is 0 Å². The van der Waals surface area contributed by atoms with Gasteiger partial charge in [0.25, 0.3) is 5.91 Å². The van der Waals surface area contributed by atoms with E-state index in [1.165, 1.54) is 17.4 Å². The monoisotopic (exact) mass is 492 g/mol. The van der Waals surface area contributed by atoms with Crippen LogP contribution in [0.1, 0.15) is 0 Å². The molecule has 11 heteroatoms. The number of halogens is 2. The van der Waals surface area contributed by atoms with Crippen molar-refractivity contribution in [3.63, 3.8) is 0 Å². The Morgan fingerprint density at radius 2 is 1.72 bits per heavy atom. The number of rotatable bonds is 8. The van der Waals surface area contributed by atoms with Crippen LogP contribution in [0, 0.1) is 0 Å². The Bertz CT molecular complexity index is 1110. The van der Waals surface area contributed by atoms with Gasteiger partial charge in [0, 0.05) is 29.1 Å². The van der Waals surface area contributed by atoms with Gasteiger partial charge in [-0.25, -0.2) is 4.98 Å². The maximum Gasteiger partial charge on any atom is 0.315 e. The second-order valence-corrected chi connectivity index (χ2v) is 8.03. The quantitative estimate of drug-likeness (QED) is 0.329. The smallest absolute Gasteiger partial charge is 0.315 e. The number of hydrogen-bond donors (Lipinski definition) is 3. The third kappa shape index (κ3) is 6.94. The number of nitrogens with one attached hydrogen (secondary N) is 3. The van der Waals surface area contributed by atoms with Crippen LogP contribution in [0.3, 0.4) is 0 Å². The fourth-order valence-corrected chi connectivity index (χ4v) is 3.65. The summed E-state index contributed by atoms with van der Waals surface area (Å²) in [6.07, 6.45) is 0. The zero-order valence-corrected chi connectivity index (χ0v) is 18.9. The molecule has 3 aromatic rings. The van der Waals surface area contributed by atoms with Gasteiger partial charge in [-0.1, -0.05) is 53.5 Å². The summed E-state index contributed by atoms with van der Waals surface area (Å²) in [5.74, 6) is -1.76. The minimum absolute atomic E-state index is 0.0623. The summed E-state index contributed by atoms with van der Waals surface area (Å²) in [6.45, 7) is -0.0820. The molecule has 0 aliphatic rings. The maximum absolute atomic E-state index is 12.0. The fourth-order valence-electron chi connectivity index (χ4n) is 2.47. The van der Waals surface area contributed by atoms with E-state index in [1.807, 2.05) is 30.3 Å². The largest absolute Gasteiger partial charge is 0.482 e. The molecule has 0 saturated heterocycles. The van der Waals surface area contributed by atoms with Crippen LogP contribution in [0.25, 0.3) is 11.3 Å². The fraction of sp³-hybridized carbons (Fsp3) is 0.143. The Kier molecular flexibility index (Phi) is 8.43. The molecule has 8 nitrogen and oxygen atoms in total. The first-order valence-electron chi connectivity index (χ1n) is 9.37. The van der Waals surface area contributed by atoms with Crippen molar-refractivity contribution in [3.8, 4) is 17.0 Å². The van der Waals surface area contributed by atoms with Gasteiger partial charge >= 0.3 is 11.8 Å². The third-order valence-corrected chi connectivity index (χ3v) is 5.27. The van der Waals surface area contributed by atoms with Crippen molar-refractivity contribution < 1.29 is 19.1 Å². The molecule has 0 spiro atoms. The van der Waals surface area contributed by atoms with Crippen LogP contribution < -0.4 is 20.7 Å². The molecule has 0 aliphatic heterocycles. The molecule has 1 heterocycles. The lowest BCUT2D eigenvalue weighted by Gasteiger charge is -2.09. The SMILES string of the molecule is O=C(COc1ccc(Cl)cc1Cl)NCCNC(=O)C(=O)Nc1nc(-c2ccccc2)cs1. The molecular weight excluding hydrogens is 475 g/mol. The Morgan fingerprint density at radius 3 is 2.47 bits per heavy atom. The van der Waals surface area contributed by atoms with E-state index in [0.29, 0.717) is 26.6 Å². The second kappa shape index (κ2) is 11.5. The Hall–Kier alpha value is -3.14. The molecule has 0 bridgehead atoms. The number of anilines is 1. The van der Waals surface area contributed by atoms with Crippen LogP contribution >= 0.6 is 34.5 Å². The number of thiazole rings is 1. The summed E-state index contributed by atoms with van der Waals surface area (Å²) in [5.41, 5.74) is 1.61. The van der Waals surface area contributed by atoms with Gasteiger partial charge in [0.05, 0.1) is 10.7 Å². The van der Waals surface area contributed by atoms with E-state index in [9.17, 15) is 14.4 Å². The molecule has 3 amide bonds. The molecule has 0 radical (unpaired) electrons. The van der Waals surface area contributed by atoms with E-state index in [1.54, 1.807) is 17.5 Å². The van der Waals surface area contributed by atoms with Crippen LogP contribution in [0.4, 0.5) is 5.13 Å². The van der Waals surface area contributed by atoms with Crippen LogP contribution in [0.5, 0.6) is 5.75 Å². The number of amides is 3. The first kappa shape index (κ1) is 23.5. The van der Waals surface area contributed by atoms with Gasteiger partial charge in [0.1, 0.15) is 5.75 Å². The van der Waals surface area contributed by atoms with Crippen LogP contribution in [-0.2, 0) is 14.4 Å². The number of ether oxygens (including phenoxy) is 1. The third-order valence-electron chi connectivity index (χ3n) is 3.99. The Morgan fingerprint density at radius 1 is 0.969 bits per heavy atom. The highest BCUT2D eigenvalue weighted by molar-refractivity contribution is 7.14. The molecule has 0 saturated carbocycles. The zero-order chi connectivity index (χ0) is 22.9. The summed E-state index contributed by atoms with van der Waals surface area (Å²) in [6, 6.07) is 14.1.